The van der Waals surface area contributed by atoms with Crippen LogP contribution in [0, 0.1) is 12.8 Å². The molecule has 27 heavy (non-hydrogen) atoms. The molecular weight excluding hydrogens is 364 g/mol. The van der Waals surface area contributed by atoms with E-state index in [1.54, 1.807) is 49.1 Å². The number of nitrogens with one attached hydrogen (secondary N) is 1. The molecule has 0 saturated carbocycles. The van der Waals surface area contributed by atoms with Crippen molar-refractivity contribution in [3.8, 4) is 0 Å². The number of anilines is 1. The monoisotopic (exact) mass is 388 g/mol. The lowest BCUT2D eigenvalue weighted by molar-refractivity contribution is -0.111. The van der Waals surface area contributed by atoms with Crippen LogP contribution in [-0.2, 0) is 11.3 Å². The fourth-order valence-corrected chi connectivity index (χ4v) is 2.86. The van der Waals surface area contributed by atoms with Gasteiger partial charge in [0.2, 0.25) is 5.91 Å². The van der Waals surface area contributed by atoms with Gasteiger partial charge in [0.25, 0.3) is 5.91 Å². The molecule has 0 spiro atoms. The maximum atomic E-state index is 12.2. The van der Waals surface area contributed by atoms with Crippen molar-refractivity contribution in [1.29, 1.82) is 0 Å². The first-order valence-electron chi connectivity index (χ1n) is 8.72. The topological polar surface area (TPSA) is 67.2 Å². The van der Waals surface area contributed by atoms with E-state index in [4.69, 9.17) is 11.6 Å². The van der Waals surface area contributed by atoms with E-state index < -0.39 is 0 Å². The van der Waals surface area contributed by atoms with E-state index >= 15 is 0 Å². The summed E-state index contributed by atoms with van der Waals surface area (Å²) in [6.45, 7) is 6.75. The van der Waals surface area contributed by atoms with Crippen LogP contribution in [0.1, 0.15) is 35.5 Å². The molecule has 2 amide bonds. The Bertz CT molecular complexity index is 869. The van der Waals surface area contributed by atoms with Crippen molar-refractivity contribution in [3.05, 3.63) is 52.3 Å². The van der Waals surface area contributed by atoms with E-state index in [2.05, 4.69) is 24.3 Å². The Morgan fingerprint density at radius 1 is 1.33 bits per heavy atom. The maximum absolute atomic E-state index is 12.2. The Morgan fingerprint density at radius 2 is 2.04 bits per heavy atom. The van der Waals surface area contributed by atoms with Crippen molar-refractivity contribution in [1.82, 2.24) is 14.7 Å². The van der Waals surface area contributed by atoms with Crippen molar-refractivity contribution in [2.45, 2.75) is 27.3 Å². The summed E-state index contributed by atoms with van der Waals surface area (Å²) in [5.74, 6) is -0.0165. The molecule has 1 aromatic heterocycles. The lowest BCUT2D eigenvalue weighted by Gasteiger charge is -2.11. The van der Waals surface area contributed by atoms with Gasteiger partial charge >= 0.3 is 0 Å². The van der Waals surface area contributed by atoms with Crippen molar-refractivity contribution >= 4 is 35.2 Å². The molecule has 1 heterocycles. The van der Waals surface area contributed by atoms with Crippen molar-refractivity contribution in [2.75, 3.05) is 19.4 Å². The molecule has 2 rings (SSSR count). The predicted molar refractivity (Wildman–Crippen MR) is 109 cm³/mol. The molecule has 0 aliphatic heterocycles. The summed E-state index contributed by atoms with van der Waals surface area (Å²) in [5, 5.41) is 7.69. The third-order valence-corrected chi connectivity index (χ3v) is 4.23. The van der Waals surface area contributed by atoms with E-state index in [0.29, 0.717) is 28.9 Å². The average Bonchev–Trinajstić information content (AvgIpc) is 2.85. The van der Waals surface area contributed by atoms with Gasteiger partial charge in [0.1, 0.15) is 5.15 Å². The van der Waals surface area contributed by atoms with Crippen LogP contribution < -0.4 is 5.32 Å². The normalized spacial score (nSPS) is 11.2. The maximum Gasteiger partial charge on any atom is 0.253 e. The van der Waals surface area contributed by atoms with Crippen molar-refractivity contribution in [3.63, 3.8) is 0 Å². The second-order valence-corrected chi connectivity index (χ2v) is 7.33. The fraction of sp³-hybridized carbons (Fsp3) is 0.350. The molecule has 0 radical (unpaired) electrons. The largest absolute Gasteiger partial charge is 0.345 e. The lowest BCUT2D eigenvalue weighted by atomic mass is 10.2. The Labute approximate surface area is 164 Å². The van der Waals surface area contributed by atoms with E-state index in [0.717, 1.165) is 11.3 Å². The fourth-order valence-electron chi connectivity index (χ4n) is 2.55. The van der Waals surface area contributed by atoms with Crippen LogP contribution in [0.2, 0.25) is 5.15 Å². The number of rotatable bonds is 6. The third-order valence-electron chi connectivity index (χ3n) is 3.83. The highest BCUT2D eigenvalue weighted by molar-refractivity contribution is 6.31. The number of carbonyl (C=O) groups is 2. The van der Waals surface area contributed by atoms with E-state index in [1.165, 1.54) is 11.0 Å². The molecule has 1 N–H and O–H groups in total. The Morgan fingerprint density at radius 3 is 2.67 bits per heavy atom. The number of halogens is 1. The molecule has 0 atom stereocenters. The molecule has 0 saturated heterocycles. The molecule has 0 aliphatic rings. The Balaban J connectivity index is 2.11. The van der Waals surface area contributed by atoms with Crippen LogP contribution in [0.25, 0.3) is 6.08 Å². The average molecular weight is 389 g/mol. The summed E-state index contributed by atoms with van der Waals surface area (Å²) in [5.41, 5.74) is 2.55. The van der Waals surface area contributed by atoms with Crippen LogP contribution in [0.3, 0.4) is 0 Å². The Hall–Kier alpha value is -2.60. The highest BCUT2D eigenvalue weighted by Crippen LogP contribution is 2.22. The first kappa shape index (κ1) is 20.7. The van der Waals surface area contributed by atoms with Gasteiger partial charge in [-0.2, -0.15) is 5.10 Å². The molecular formula is C20H25ClN4O2. The second-order valence-electron chi connectivity index (χ2n) is 6.97. The van der Waals surface area contributed by atoms with E-state index in [9.17, 15) is 9.59 Å². The first-order chi connectivity index (χ1) is 12.7. The van der Waals surface area contributed by atoms with Crippen LogP contribution in [0.15, 0.2) is 30.3 Å². The number of carbonyl (C=O) groups excluding carboxylic acids is 2. The van der Waals surface area contributed by atoms with Gasteiger partial charge in [-0.25, -0.2) is 0 Å². The van der Waals surface area contributed by atoms with Gasteiger partial charge in [-0.1, -0.05) is 31.5 Å². The number of aromatic nitrogens is 2. The van der Waals surface area contributed by atoms with Gasteiger partial charge in [0.05, 0.1) is 5.69 Å². The molecule has 144 valence electrons. The summed E-state index contributed by atoms with van der Waals surface area (Å²) in [4.78, 5) is 25.8. The van der Waals surface area contributed by atoms with Gasteiger partial charge in [-0.15, -0.1) is 0 Å². The predicted octanol–water partition coefficient (Wildman–Crippen LogP) is 3.85. The molecule has 1 aromatic carbocycles. The van der Waals surface area contributed by atoms with E-state index in [1.807, 2.05) is 6.92 Å². The smallest absolute Gasteiger partial charge is 0.253 e. The lowest BCUT2D eigenvalue weighted by Crippen LogP contribution is -2.21. The van der Waals surface area contributed by atoms with Crippen molar-refractivity contribution < 1.29 is 9.59 Å². The highest BCUT2D eigenvalue weighted by Gasteiger charge is 2.13. The molecule has 7 heteroatoms. The standard InChI is InChI=1S/C20H25ClN4O2/c1-13(2)12-25-19(21)17(14(3)23-25)9-10-18(26)22-16-8-6-7-15(11-16)20(27)24(4)5/h6-11,13H,12H2,1-5H3,(H,22,26)/b10-9+. The summed E-state index contributed by atoms with van der Waals surface area (Å²) in [6.07, 6.45) is 3.07. The SMILES string of the molecule is Cc1nn(CC(C)C)c(Cl)c1/C=C/C(=O)Nc1cccc(C(=O)N(C)C)c1. The number of hydrogen-bond acceptors (Lipinski definition) is 3. The summed E-state index contributed by atoms with van der Waals surface area (Å²) >= 11 is 6.38. The third kappa shape index (κ3) is 5.44. The number of hydrogen-bond donors (Lipinski definition) is 1. The number of benzene rings is 1. The first-order valence-corrected chi connectivity index (χ1v) is 9.10. The van der Waals surface area contributed by atoms with E-state index in [-0.39, 0.29) is 11.8 Å². The number of amides is 2. The van der Waals surface area contributed by atoms with Crippen molar-refractivity contribution in [2.24, 2.45) is 5.92 Å². The molecule has 0 unspecified atom stereocenters. The minimum absolute atomic E-state index is 0.124. The molecule has 0 fully saturated rings. The minimum Gasteiger partial charge on any atom is -0.345 e. The van der Waals surface area contributed by atoms with Gasteiger partial charge in [-0.3, -0.25) is 14.3 Å². The van der Waals surface area contributed by atoms with Crippen LogP contribution in [0.5, 0.6) is 0 Å². The molecule has 0 bridgehead atoms. The van der Waals surface area contributed by atoms with Gasteiger partial charge in [0.15, 0.2) is 0 Å². The summed E-state index contributed by atoms with van der Waals surface area (Å²) in [6, 6.07) is 6.82. The van der Waals surface area contributed by atoms with Gasteiger partial charge < -0.3 is 10.2 Å². The summed E-state index contributed by atoms with van der Waals surface area (Å²) < 4.78 is 1.75. The number of nitrogens with zero attached hydrogens (tertiary/aromatic N) is 3. The quantitative estimate of drug-likeness (QED) is 0.764. The zero-order chi connectivity index (χ0) is 20.1. The van der Waals surface area contributed by atoms with Gasteiger partial charge in [0, 0.05) is 43.5 Å². The second kappa shape index (κ2) is 8.86. The minimum atomic E-state index is -0.309. The zero-order valence-corrected chi connectivity index (χ0v) is 17.0. The van der Waals surface area contributed by atoms with Crippen LogP contribution in [0.4, 0.5) is 5.69 Å². The molecule has 0 aliphatic carbocycles. The van der Waals surface area contributed by atoms with Crippen LogP contribution in [-0.4, -0.2) is 40.6 Å². The highest BCUT2D eigenvalue weighted by atomic mass is 35.5. The molecule has 6 nitrogen and oxygen atoms in total. The Kier molecular flexibility index (Phi) is 6.80. The zero-order valence-electron chi connectivity index (χ0n) is 16.3. The van der Waals surface area contributed by atoms with Crippen LogP contribution >= 0.6 is 11.6 Å². The summed E-state index contributed by atoms with van der Waals surface area (Å²) in [7, 11) is 3.36. The molecule has 2 aromatic rings. The van der Waals surface area contributed by atoms with Gasteiger partial charge in [-0.05, 0) is 37.1 Å². The number of aryl methyl sites for hydroxylation is 1.